The van der Waals surface area contributed by atoms with Gasteiger partial charge in [0, 0.05) is 6.42 Å². The van der Waals surface area contributed by atoms with Gasteiger partial charge in [0.2, 0.25) is 0 Å². The summed E-state index contributed by atoms with van der Waals surface area (Å²) in [6, 6.07) is 10.3. The van der Waals surface area contributed by atoms with Gasteiger partial charge in [0.05, 0.1) is 0 Å². The third-order valence-electron chi connectivity index (χ3n) is 5.84. The Morgan fingerprint density at radius 2 is 1.81 bits per heavy atom. The zero-order valence-electron chi connectivity index (χ0n) is 13.5. The number of carbonyl (C=O) groups excluding carboxylic acids is 1. The van der Waals surface area contributed by atoms with Gasteiger partial charge in [-0.25, -0.2) is 0 Å². The number of rotatable bonds is 1. The van der Waals surface area contributed by atoms with E-state index < -0.39 is 0 Å². The number of benzene rings is 1. The lowest BCUT2D eigenvalue weighted by atomic mass is 9.51. The highest BCUT2D eigenvalue weighted by atomic mass is 16.1. The van der Waals surface area contributed by atoms with Crippen molar-refractivity contribution in [3.8, 4) is 0 Å². The topological polar surface area (TPSA) is 17.1 Å². The van der Waals surface area contributed by atoms with Crippen LogP contribution in [0.3, 0.4) is 0 Å². The Hall–Kier alpha value is -1.37. The molecule has 0 unspecified atom stereocenters. The van der Waals surface area contributed by atoms with Crippen molar-refractivity contribution in [2.75, 3.05) is 0 Å². The lowest BCUT2D eigenvalue weighted by Gasteiger charge is -2.53. The van der Waals surface area contributed by atoms with E-state index in [0.29, 0.717) is 22.5 Å². The average molecular weight is 282 g/mol. The maximum Gasteiger partial charge on any atom is 0.159 e. The molecule has 0 radical (unpaired) electrons. The summed E-state index contributed by atoms with van der Waals surface area (Å²) in [5.74, 6) is 0.912. The minimum atomic E-state index is 0.302. The van der Waals surface area contributed by atoms with E-state index in [1.165, 1.54) is 19.3 Å². The standard InChI is InChI=1S/C20H26O/c1-19(2)10-7-11-20(3)14-16(17(21)13-18(19)20)12-15-8-5-4-6-9-15/h4-6,8-9,12,18H,7,10-11,13-14H2,1-3H3/b16-12-/t18-,20+/m0/s1. The second kappa shape index (κ2) is 5.12. The molecule has 1 aromatic carbocycles. The van der Waals surface area contributed by atoms with Crippen LogP contribution in [0.1, 0.15) is 58.4 Å². The summed E-state index contributed by atoms with van der Waals surface area (Å²) in [6.45, 7) is 7.12. The van der Waals surface area contributed by atoms with Gasteiger partial charge >= 0.3 is 0 Å². The first kappa shape index (κ1) is 14.6. The molecular weight excluding hydrogens is 256 g/mol. The minimum absolute atomic E-state index is 0.302. The molecule has 3 rings (SSSR count). The van der Waals surface area contributed by atoms with Crippen molar-refractivity contribution in [1.29, 1.82) is 0 Å². The summed E-state index contributed by atoms with van der Waals surface area (Å²) < 4.78 is 0. The van der Waals surface area contributed by atoms with Crippen LogP contribution in [-0.4, -0.2) is 5.78 Å². The molecule has 0 spiro atoms. The summed E-state index contributed by atoms with van der Waals surface area (Å²) >= 11 is 0. The molecule has 0 bridgehead atoms. The van der Waals surface area contributed by atoms with Gasteiger partial charge in [-0.15, -0.1) is 0 Å². The van der Waals surface area contributed by atoms with E-state index in [-0.39, 0.29) is 0 Å². The number of hydrogen-bond donors (Lipinski definition) is 0. The zero-order valence-corrected chi connectivity index (χ0v) is 13.5. The number of hydrogen-bond acceptors (Lipinski definition) is 1. The van der Waals surface area contributed by atoms with Crippen LogP contribution in [-0.2, 0) is 4.79 Å². The van der Waals surface area contributed by atoms with Gasteiger partial charge in [0.25, 0.3) is 0 Å². The molecular formula is C20H26O. The first-order chi connectivity index (χ1) is 9.91. The van der Waals surface area contributed by atoms with Crippen LogP contribution in [0, 0.1) is 16.7 Å². The van der Waals surface area contributed by atoms with Crippen LogP contribution in [0.5, 0.6) is 0 Å². The molecule has 2 atom stereocenters. The highest BCUT2D eigenvalue weighted by molar-refractivity contribution is 6.00. The van der Waals surface area contributed by atoms with Crippen LogP contribution in [0.2, 0.25) is 0 Å². The molecule has 0 aliphatic heterocycles. The smallest absolute Gasteiger partial charge is 0.159 e. The van der Waals surface area contributed by atoms with E-state index in [1.54, 1.807) is 0 Å². The number of Topliss-reactive ketones (excluding diaryl/α,β-unsaturated/α-hetero) is 1. The summed E-state index contributed by atoms with van der Waals surface area (Å²) in [6.07, 6.45) is 7.63. The molecule has 21 heavy (non-hydrogen) atoms. The third kappa shape index (κ3) is 2.71. The maximum absolute atomic E-state index is 12.6. The summed E-state index contributed by atoms with van der Waals surface area (Å²) in [5.41, 5.74) is 2.80. The number of ketones is 1. The Labute approximate surface area is 128 Å². The lowest BCUT2D eigenvalue weighted by molar-refractivity contribution is -0.125. The predicted octanol–water partition coefficient (Wildman–Crippen LogP) is 5.27. The largest absolute Gasteiger partial charge is 0.295 e. The fourth-order valence-corrected chi connectivity index (χ4v) is 4.71. The first-order valence-electron chi connectivity index (χ1n) is 8.20. The monoisotopic (exact) mass is 282 g/mol. The van der Waals surface area contributed by atoms with Crippen LogP contribution in [0.4, 0.5) is 0 Å². The first-order valence-corrected chi connectivity index (χ1v) is 8.20. The molecule has 1 nitrogen and oxygen atoms in total. The highest BCUT2D eigenvalue weighted by Gasteiger charge is 2.50. The summed E-state index contributed by atoms with van der Waals surface area (Å²) in [5, 5.41) is 0. The minimum Gasteiger partial charge on any atom is -0.295 e. The molecule has 1 aromatic rings. The molecule has 2 fully saturated rings. The van der Waals surface area contributed by atoms with E-state index >= 15 is 0 Å². The van der Waals surface area contributed by atoms with E-state index in [4.69, 9.17) is 0 Å². The Balaban J connectivity index is 1.91. The van der Waals surface area contributed by atoms with Crippen molar-refractivity contribution in [3.05, 3.63) is 41.5 Å². The Morgan fingerprint density at radius 1 is 1.10 bits per heavy atom. The van der Waals surface area contributed by atoms with Gasteiger partial charge < -0.3 is 0 Å². The highest BCUT2D eigenvalue weighted by Crippen LogP contribution is 2.57. The van der Waals surface area contributed by atoms with Crippen LogP contribution >= 0.6 is 0 Å². The molecule has 1 heteroatoms. The number of fused-ring (bicyclic) bond motifs is 1. The average Bonchev–Trinajstić information content (AvgIpc) is 2.42. The second-order valence-corrected chi connectivity index (χ2v) is 7.93. The van der Waals surface area contributed by atoms with Crippen LogP contribution in [0.25, 0.3) is 6.08 Å². The van der Waals surface area contributed by atoms with Crippen molar-refractivity contribution >= 4 is 11.9 Å². The predicted molar refractivity (Wildman–Crippen MR) is 87.9 cm³/mol. The summed E-state index contributed by atoms with van der Waals surface area (Å²) in [4.78, 5) is 12.6. The van der Waals surface area contributed by atoms with Crippen molar-refractivity contribution in [1.82, 2.24) is 0 Å². The third-order valence-corrected chi connectivity index (χ3v) is 5.84. The van der Waals surface area contributed by atoms with Crippen LogP contribution in [0.15, 0.2) is 35.9 Å². The number of carbonyl (C=O) groups is 1. The Bertz CT molecular complexity index is 567. The summed E-state index contributed by atoms with van der Waals surface area (Å²) in [7, 11) is 0. The lowest BCUT2D eigenvalue weighted by Crippen LogP contribution is -2.46. The van der Waals surface area contributed by atoms with Crippen molar-refractivity contribution in [2.24, 2.45) is 16.7 Å². The SMILES string of the molecule is CC1(C)CCC[C@]2(C)C/C(=C/c3ccccc3)C(=O)C[C@@H]12. The van der Waals surface area contributed by atoms with Gasteiger partial charge in [-0.3, -0.25) is 4.79 Å². The second-order valence-electron chi connectivity index (χ2n) is 7.93. The fourth-order valence-electron chi connectivity index (χ4n) is 4.71. The maximum atomic E-state index is 12.6. The Kier molecular flexibility index (Phi) is 3.55. The van der Waals surface area contributed by atoms with Gasteiger partial charge in [-0.2, -0.15) is 0 Å². The van der Waals surface area contributed by atoms with E-state index in [9.17, 15) is 4.79 Å². The van der Waals surface area contributed by atoms with E-state index in [0.717, 1.165) is 24.0 Å². The van der Waals surface area contributed by atoms with Gasteiger partial charge in [0.15, 0.2) is 5.78 Å². The van der Waals surface area contributed by atoms with Crippen molar-refractivity contribution in [3.63, 3.8) is 0 Å². The fraction of sp³-hybridized carbons (Fsp3) is 0.550. The van der Waals surface area contributed by atoms with Crippen molar-refractivity contribution in [2.45, 2.75) is 52.9 Å². The van der Waals surface area contributed by atoms with Crippen molar-refractivity contribution < 1.29 is 4.79 Å². The molecule has 0 saturated heterocycles. The zero-order chi connectivity index (χ0) is 15.1. The molecule has 2 saturated carbocycles. The molecule has 0 heterocycles. The molecule has 0 amide bonds. The van der Waals surface area contributed by atoms with Gasteiger partial charge in [-0.05, 0) is 53.2 Å². The molecule has 112 valence electrons. The molecule has 2 aliphatic rings. The van der Waals surface area contributed by atoms with E-state index in [2.05, 4.69) is 39.0 Å². The normalized spacial score (nSPS) is 33.8. The number of allylic oxidation sites excluding steroid dienone is 1. The van der Waals surface area contributed by atoms with Gasteiger partial charge in [-0.1, -0.05) is 57.5 Å². The Morgan fingerprint density at radius 3 is 2.52 bits per heavy atom. The van der Waals surface area contributed by atoms with Gasteiger partial charge in [0.1, 0.15) is 0 Å². The molecule has 0 aromatic heterocycles. The quantitative estimate of drug-likeness (QED) is 0.642. The van der Waals surface area contributed by atoms with E-state index in [1.807, 2.05) is 18.2 Å². The molecule has 0 N–H and O–H groups in total. The van der Waals surface area contributed by atoms with Crippen LogP contribution < -0.4 is 0 Å². The molecule has 2 aliphatic carbocycles.